The molecular formula is C16H23NO4. The molecule has 0 radical (unpaired) electrons. The number of nitrogens with one attached hydrogen (secondary N) is 1. The number of hydrogen-bond donors (Lipinski definition) is 2. The number of amides is 1. The van der Waals surface area contributed by atoms with Gasteiger partial charge < -0.3 is 19.9 Å². The standard InChI is InChI=1S/C16H23NO4/c1-20-7-8-21-15-4-2-3-13(10-15)16(19)17-11-12-5-6-14(18)9-12/h2-4,10,12,14,18H,5-9,11H2,1H3,(H,17,19)/t12-,14+/m0/s1. The fraction of sp³-hybridized carbons (Fsp3) is 0.562. The number of aliphatic hydroxyl groups excluding tert-OH is 1. The quantitative estimate of drug-likeness (QED) is 0.749. The van der Waals surface area contributed by atoms with Crippen LogP contribution in [0.3, 0.4) is 0 Å². The Balaban J connectivity index is 1.82. The van der Waals surface area contributed by atoms with Gasteiger partial charge in [-0.15, -0.1) is 0 Å². The van der Waals surface area contributed by atoms with Gasteiger partial charge in [0.25, 0.3) is 5.91 Å². The number of rotatable bonds is 7. The third kappa shape index (κ3) is 5.02. The van der Waals surface area contributed by atoms with Crippen LogP contribution in [-0.2, 0) is 4.74 Å². The molecule has 1 saturated carbocycles. The van der Waals surface area contributed by atoms with Gasteiger partial charge in [0.2, 0.25) is 0 Å². The monoisotopic (exact) mass is 293 g/mol. The maximum absolute atomic E-state index is 12.1. The Kier molecular flexibility index (Phi) is 6.02. The Bertz CT molecular complexity index is 463. The van der Waals surface area contributed by atoms with E-state index in [0.717, 1.165) is 19.3 Å². The van der Waals surface area contributed by atoms with Gasteiger partial charge in [-0.25, -0.2) is 0 Å². The lowest BCUT2D eigenvalue weighted by Gasteiger charge is -2.12. The lowest BCUT2D eigenvalue weighted by atomic mass is 10.1. The molecule has 1 fully saturated rings. The summed E-state index contributed by atoms with van der Waals surface area (Å²) < 4.78 is 10.4. The van der Waals surface area contributed by atoms with Crippen molar-refractivity contribution in [2.24, 2.45) is 5.92 Å². The highest BCUT2D eigenvalue weighted by atomic mass is 16.5. The molecule has 0 aliphatic heterocycles. The number of carbonyl (C=O) groups excluding carboxylic acids is 1. The first-order chi connectivity index (χ1) is 10.2. The van der Waals surface area contributed by atoms with Crippen LogP contribution in [0.15, 0.2) is 24.3 Å². The molecule has 5 nitrogen and oxygen atoms in total. The normalized spacial score (nSPS) is 21.2. The van der Waals surface area contributed by atoms with Crippen molar-refractivity contribution in [1.29, 1.82) is 0 Å². The smallest absolute Gasteiger partial charge is 0.251 e. The maximum Gasteiger partial charge on any atom is 0.251 e. The first kappa shape index (κ1) is 15.8. The topological polar surface area (TPSA) is 67.8 Å². The van der Waals surface area contributed by atoms with E-state index in [1.165, 1.54) is 0 Å². The van der Waals surface area contributed by atoms with E-state index in [1.54, 1.807) is 25.3 Å². The van der Waals surface area contributed by atoms with E-state index in [0.29, 0.717) is 37.0 Å². The molecule has 0 unspecified atom stereocenters. The fourth-order valence-corrected chi connectivity index (χ4v) is 2.54. The molecular weight excluding hydrogens is 270 g/mol. The number of aliphatic hydroxyl groups is 1. The van der Waals surface area contributed by atoms with Crippen LogP contribution in [-0.4, -0.2) is 44.0 Å². The van der Waals surface area contributed by atoms with E-state index in [4.69, 9.17) is 9.47 Å². The average Bonchev–Trinajstić information content (AvgIpc) is 2.91. The maximum atomic E-state index is 12.1. The predicted octanol–water partition coefficient (Wildman–Crippen LogP) is 1.60. The van der Waals surface area contributed by atoms with Crippen molar-refractivity contribution in [2.75, 3.05) is 26.9 Å². The second-order valence-corrected chi connectivity index (χ2v) is 5.41. The fourth-order valence-electron chi connectivity index (χ4n) is 2.54. The summed E-state index contributed by atoms with van der Waals surface area (Å²) >= 11 is 0. The van der Waals surface area contributed by atoms with Crippen LogP contribution in [0.4, 0.5) is 0 Å². The summed E-state index contributed by atoms with van der Waals surface area (Å²) in [6.07, 6.45) is 2.38. The summed E-state index contributed by atoms with van der Waals surface area (Å²) in [6.45, 7) is 1.59. The molecule has 2 rings (SSSR count). The molecule has 0 spiro atoms. The zero-order valence-electron chi connectivity index (χ0n) is 12.4. The summed E-state index contributed by atoms with van der Waals surface area (Å²) in [4.78, 5) is 12.1. The molecule has 1 amide bonds. The molecule has 0 bridgehead atoms. The van der Waals surface area contributed by atoms with E-state index in [-0.39, 0.29) is 12.0 Å². The van der Waals surface area contributed by atoms with Crippen LogP contribution in [0, 0.1) is 5.92 Å². The lowest BCUT2D eigenvalue weighted by Crippen LogP contribution is -2.28. The number of ether oxygens (including phenoxy) is 2. The lowest BCUT2D eigenvalue weighted by molar-refractivity contribution is 0.0944. The van der Waals surface area contributed by atoms with Crippen LogP contribution in [0.5, 0.6) is 5.75 Å². The van der Waals surface area contributed by atoms with Gasteiger partial charge in [0, 0.05) is 19.2 Å². The van der Waals surface area contributed by atoms with Crippen molar-refractivity contribution in [1.82, 2.24) is 5.32 Å². The molecule has 1 aromatic rings. The average molecular weight is 293 g/mol. The Morgan fingerprint density at radius 2 is 2.24 bits per heavy atom. The molecule has 21 heavy (non-hydrogen) atoms. The van der Waals surface area contributed by atoms with Crippen molar-refractivity contribution in [3.63, 3.8) is 0 Å². The number of benzene rings is 1. The van der Waals surface area contributed by atoms with Gasteiger partial charge in [-0.3, -0.25) is 4.79 Å². The summed E-state index contributed by atoms with van der Waals surface area (Å²) in [5, 5.41) is 12.4. The van der Waals surface area contributed by atoms with Gasteiger partial charge in [0.15, 0.2) is 0 Å². The minimum atomic E-state index is -0.204. The number of methoxy groups -OCH3 is 1. The van der Waals surface area contributed by atoms with E-state index >= 15 is 0 Å². The van der Waals surface area contributed by atoms with Gasteiger partial charge in [0.1, 0.15) is 12.4 Å². The SMILES string of the molecule is COCCOc1cccc(C(=O)NC[C@H]2CC[C@@H](O)C2)c1. The van der Waals surface area contributed by atoms with Gasteiger partial charge >= 0.3 is 0 Å². The Morgan fingerprint density at radius 3 is 2.95 bits per heavy atom. The van der Waals surface area contributed by atoms with Crippen LogP contribution in [0.1, 0.15) is 29.6 Å². The van der Waals surface area contributed by atoms with Crippen molar-refractivity contribution in [3.05, 3.63) is 29.8 Å². The summed E-state index contributed by atoms with van der Waals surface area (Å²) in [6, 6.07) is 7.12. The van der Waals surface area contributed by atoms with Crippen molar-refractivity contribution >= 4 is 5.91 Å². The highest BCUT2D eigenvalue weighted by Crippen LogP contribution is 2.24. The molecule has 1 aliphatic carbocycles. The molecule has 5 heteroatoms. The molecule has 0 aromatic heterocycles. The zero-order valence-corrected chi connectivity index (χ0v) is 12.4. The molecule has 2 N–H and O–H groups in total. The van der Waals surface area contributed by atoms with Crippen LogP contribution in [0.25, 0.3) is 0 Å². The van der Waals surface area contributed by atoms with Gasteiger partial charge in [-0.05, 0) is 43.4 Å². The van der Waals surface area contributed by atoms with Gasteiger partial charge in [0.05, 0.1) is 12.7 Å². The first-order valence-electron chi connectivity index (χ1n) is 7.37. The van der Waals surface area contributed by atoms with Crippen molar-refractivity contribution in [3.8, 4) is 5.75 Å². The summed E-state index contributed by atoms with van der Waals surface area (Å²) in [7, 11) is 1.62. The highest BCUT2D eigenvalue weighted by molar-refractivity contribution is 5.94. The van der Waals surface area contributed by atoms with Crippen LogP contribution < -0.4 is 10.1 Å². The highest BCUT2D eigenvalue weighted by Gasteiger charge is 2.23. The Morgan fingerprint density at radius 1 is 1.38 bits per heavy atom. The summed E-state index contributed by atoms with van der Waals surface area (Å²) in [5.74, 6) is 0.939. The summed E-state index contributed by atoms with van der Waals surface area (Å²) in [5.41, 5.74) is 0.587. The minimum Gasteiger partial charge on any atom is -0.491 e. The van der Waals surface area contributed by atoms with E-state index < -0.39 is 0 Å². The Labute approximate surface area is 125 Å². The molecule has 2 atom stereocenters. The third-order valence-corrected chi connectivity index (χ3v) is 3.72. The molecule has 1 aromatic carbocycles. The molecule has 116 valence electrons. The molecule has 0 saturated heterocycles. The second-order valence-electron chi connectivity index (χ2n) is 5.41. The van der Waals surface area contributed by atoms with Gasteiger partial charge in [-0.1, -0.05) is 6.07 Å². The van der Waals surface area contributed by atoms with E-state index in [9.17, 15) is 9.90 Å². The van der Waals surface area contributed by atoms with Crippen LogP contribution in [0.2, 0.25) is 0 Å². The molecule has 0 heterocycles. The minimum absolute atomic E-state index is 0.103. The van der Waals surface area contributed by atoms with Crippen molar-refractivity contribution in [2.45, 2.75) is 25.4 Å². The largest absolute Gasteiger partial charge is 0.491 e. The zero-order chi connectivity index (χ0) is 15.1. The third-order valence-electron chi connectivity index (χ3n) is 3.72. The van der Waals surface area contributed by atoms with Crippen molar-refractivity contribution < 1.29 is 19.4 Å². The first-order valence-corrected chi connectivity index (χ1v) is 7.37. The van der Waals surface area contributed by atoms with Gasteiger partial charge in [-0.2, -0.15) is 0 Å². The van der Waals surface area contributed by atoms with E-state index in [1.807, 2.05) is 6.07 Å². The Hall–Kier alpha value is -1.59. The van der Waals surface area contributed by atoms with E-state index in [2.05, 4.69) is 5.32 Å². The predicted molar refractivity (Wildman–Crippen MR) is 79.5 cm³/mol. The molecule has 1 aliphatic rings. The number of hydrogen-bond acceptors (Lipinski definition) is 4. The van der Waals surface area contributed by atoms with Crippen LogP contribution >= 0.6 is 0 Å². The number of carbonyl (C=O) groups is 1. The second kappa shape index (κ2) is 8.00.